The maximum atomic E-state index is 13.1. The number of ether oxygens (including phenoxy) is 1. The van der Waals surface area contributed by atoms with E-state index in [1.807, 2.05) is 49.1 Å². The lowest BCUT2D eigenvalue weighted by Gasteiger charge is -2.43. The molecule has 7 nitrogen and oxygen atoms in total. The molecular weight excluding hydrogens is 380 g/mol. The number of rotatable bonds is 6. The van der Waals surface area contributed by atoms with E-state index in [9.17, 15) is 9.59 Å². The fourth-order valence-corrected chi connectivity index (χ4v) is 4.35. The van der Waals surface area contributed by atoms with Crippen LogP contribution < -0.4 is 5.32 Å². The van der Waals surface area contributed by atoms with Crippen LogP contribution in [-0.4, -0.2) is 85.1 Å². The number of nitrogens with zero attached hydrogens (tertiary/aromatic N) is 3. The minimum absolute atomic E-state index is 0.00759. The molecule has 2 atom stereocenters. The molecule has 0 radical (unpaired) electrons. The number of piperazine rings is 1. The smallest absolute Gasteiger partial charge is 0.408 e. The van der Waals surface area contributed by atoms with Gasteiger partial charge in [0.05, 0.1) is 0 Å². The number of benzene rings is 1. The van der Waals surface area contributed by atoms with Gasteiger partial charge >= 0.3 is 6.09 Å². The van der Waals surface area contributed by atoms with Crippen molar-refractivity contribution >= 4 is 12.0 Å². The minimum atomic E-state index is -0.569. The highest BCUT2D eigenvalue weighted by Gasteiger charge is 2.33. The van der Waals surface area contributed by atoms with Gasteiger partial charge in [0.1, 0.15) is 12.6 Å². The van der Waals surface area contributed by atoms with E-state index in [1.165, 1.54) is 19.4 Å². The first kappa shape index (κ1) is 22.6. The Labute approximate surface area is 180 Å². The van der Waals surface area contributed by atoms with Gasteiger partial charge in [0.15, 0.2) is 0 Å². The number of amides is 2. The van der Waals surface area contributed by atoms with Crippen LogP contribution in [-0.2, 0) is 16.1 Å². The summed E-state index contributed by atoms with van der Waals surface area (Å²) in [5, 5.41) is 2.79. The van der Waals surface area contributed by atoms with Gasteiger partial charge in [-0.2, -0.15) is 0 Å². The van der Waals surface area contributed by atoms with Gasteiger partial charge in [0.25, 0.3) is 0 Å². The van der Waals surface area contributed by atoms with Crippen LogP contribution in [0.2, 0.25) is 0 Å². The van der Waals surface area contributed by atoms with E-state index >= 15 is 0 Å². The number of nitrogens with one attached hydrogen (secondary N) is 1. The SMILES string of the molecule is CC(C)[C@H](NC(=O)OCc1ccccc1)C(=O)N1CCN(C2CCCN(C)C2)CC1. The summed E-state index contributed by atoms with van der Waals surface area (Å²) in [6.07, 6.45) is 1.93. The van der Waals surface area contributed by atoms with Crippen molar-refractivity contribution in [1.82, 2.24) is 20.0 Å². The lowest BCUT2D eigenvalue weighted by Crippen LogP contribution is -2.59. The minimum Gasteiger partial charge on any atom is -0.445 e. The van der Waals surface area contributed by atoms with E-state index in [1.54, 1.807) is 0 Å². The molecule has 30 heavy (non-hydrogen) atoms. The molecule has 1 aromatic rings. The first-order valence-corrected chi connectivity index (χ1v) is 11.1. The van der Waals surface area contributed by atoms with Crippen LogP contribution in [0, 0.1) is 5.92 Å². The highest BCUT2D eigenvalue weighted by molar-refractivity contribution is 5.86. The van der Waals surface area contributed by atoms with Crippen LogP contribution in [0.3, 0.4) is 0 Å². The third kappa shape index (κ3) is 6.19. The molecular formula is C23H36N4O3. The molecule has 1 unspecified atom stereocenters. The van der Waals surface area contributed by atoms with Crippen LogP contribution in [0.15, 0.2) is 30.3 Å². The molecule has 1 N–H and O–H groups in total. The summed E-state index contributed by atoms with van der Waals surface area (Å²) in [4.78, 5) is 32.2. The van der Waals surface area contributed by atoms with Crippen molar-refractivity contribution in [2.45, 2.75) is 45.4 Å². The Morgan fingerprint density at radius 3 is 2.43 bits per heavy atom. The fraction of sp³-hybridized carbons (Fsp3) is 0.652. The summed E-state index contributed by atoms with van der Waals surface area (Å²) in [6.45, 7) is 9.60. The second-order valence-corrected chi connectivity index (χ2v) is 8.85. The molecule has 1 aromatic carbocycles. The molecule has 0 spiro atoms. The summed E-state index contributed by atoms with van der Waals surface area (Å²) < 4.78 is 5.32. The summed E-state index contributed by atoms with van der Waals surface area (Å²) in [5.41, 5.74) is 0.921. The zero-order valence-corrected chi connectivity index (χ0v) is 18.5. The zero-order chi connectivity index (χ0) is 21.5. The standard InChI is InChI=1S/C23H36N4O3/c1-18(2)21(24-23(29)30-17-19-8-5-4-6-9-19)22(28)27-14-12-26(13-15-27)20-10-7-11-25(3)16-20/h4-6,8-9,18,20-21H,7,10-17H2,1-3H3,(H,24,29)/t20?,21-/m0/s1. The third-order valence-corrected chi connectivity index (χ3v) is 6.16. The van der Waals surface area contributed by atoms with Gasteiger partial charge < -0.3 is 19.9 Å². The number of piperidine rings is 1. The van der Waals surface area contributed by atoms with Crippen molar-refractivity contribution in [3.63, 3.8) is 0 Å². The molecule has 0 saturated carbocycles. The van der Waals surface area contributed by atoms with Crippen molar-refractivity contribution in [2.24, 2.45) is 5.92 Å². The largest absolute Gasteiger partial charge is 0.445 e. The number of likely N-dealkylation sites (tertiary alicyclic amines) is 1. The van der Waals surface area contributed by atoms with Gasteiger partial charge in [0.2, 0.25) is 5.91 Å². The monoisotopic (exact) mass is 416 g/mol. The van der Waals surface area contributed by atoms with E-state index in [0.29, 0.717) is 19.1 Å². The maximum absolute atomic E-state index is 13.1. The first-order valence-electron chi connectivity index (χ1n) is 11.1. The molecule has 2 aliphatic heterocycles. The molecule has 2 aliphatic rings. The van der Waals surface area contributed by atoms with Crippen molar-refractivity contribution in [2.75, 3.05) is 46.3 Å². The lowest BCUT2D eigenvalue weighted by atomic mass is 10.0. The normalized spacial score (nSPS) is 22.0. The second-order valence-electron chi connectivity index (χ2n) is 8.85. The molecule has 166 valence electrons. The van der Waals surface area contributed by atoms with Crippen molar-refractivity contribution in [1.29, 1.82) is 0 Å². The highest BCUT2D eigenvalue weighted by Crippen LogP contribution is 2.18. The molecule has 2 heterocycles. The van der Waals surface area contributed by atoms with E-state index in [-0.39, 0.29) is 18.4 Å². The molecule has 2 fully saturated rings. The van der Waals surface area contributed by atoms with Crippen molar-refractivity contribution in [3.05, 3.63) is 35.9 Å². The van der Waals surface area contributed by atoms with Crippen LogP contribution in [0.25, 0.3) is 0 Å². The summed E-state index contributed by atoms with van der Waals surface area (Å²) in [6, 6.07) is 9.56. The molecule has 7 heteroatoms. The molecule has 0 aromatic heterocycles. The van der Waals surface area contributed by atoms with Crippen LogP contribution >= 0.6 is 0 Å². The number of hydrogen-bond donors (Lipinski definition) is 1. The molecule has 2 saturated heterocycles. The van der Waals surface area contributed by atoms with Gasteiger partial charge in [-0.15, -0.1) is 0 Å². The van der Waals surface area contributed by atoms with Crippen LogP contribution in [0.1, 0.15) is 32.3 Å². The predicted octanol–water partition coefficient (Wildman–Crippen LogP) is 2.18. The van der Waals surface area contributed by atoms with E-state index < -0.39 is 12.1 Å². The summed E-state index contributed by atoms with van der Waals surface area (Å²) in [7, 11) is 2.18. The van der Waals surface area contributed by atoms with Crippen molar-refractivity contribution < 1.29 is 14.3 Å². The number of alkyl carbamates (subject to hydrolysis) is 1. The van der Waals surface area contributed by atoms with E-state index in [4.69, 9.17) is 4.74 Å². The highest BCUT2D eigenvalue weighted by atomic mass is 16.5. The number of hydrogen-bond acceptors (Lipinski definition) is 5. The Bertz CT molecular complexity index is 689. The third-order valence-electron chi connectivity index (χ3n) is 6.16. The quantitative estimate of drug-likeness (QED) is 0.770. The number of carbonyl (C=O) groups is 2. The lowest BCUT2D eigenvalue weighted by molar-refractivity contribution is -0.136. The first-order chi connectivity index (χ1) is 14.4. The Hall–Kier alpha value is -2.12. The Balaban J connectivity index is 1.48. The average Bonchev–Trinajstić information content (AvgIpc) is 2.76. The number of likely N-dealkylation sites (N-methyl/N-ethyl adjacent to an activating group) is 1. The van der Waals surface area contributed by atoms with E-state index in [2.05, 4.69) is 22.2 Å². The molecule has 2 amide bonds. The molecule has 0 bridgehead atoms. The average molecular weight is 417 g/mol. The van der Waals surface area contributed by atoms with Gasteiger partial charge in [0, 0.05) is 38.8 Å². The molecule has 3 rings (SSSR count). The van der Waals surface area contributed by atoms with E-state index in [0.717, 1.165) is 25.2 Å². The maximum Gasteiger partial charge on any atom is 0.408 e. The van der Waals surface area contributed by atoms with Crippen LogP contribution in [0.5, 0.6) is 0 Å². The Kier molecular flexibility index (Phi) is 8.10. The molecule has 0 aliphatic carbocycles. The van der Waals surface area contributed by atoms with Crippen molar-refractivity contribution in [3.8, 4) is 0 Å². The zero-order valence-electron chi connectivity index (χ0n) is 18.5. The van der Waals surface area contributed by atoms with Gasteiger partial charge in [-0.3, -0.25) is 9.69 Å². The Morgan fingerprint density at radius 1 is 1.10 bits per heavy atom. The van der Waals surface area contributed by atoms with Crippen LogP contribution in [0.4, 0.5) is 4.79 Å². The second kappa shape index (κ2) is 10.8. The Morgan fingerprint density at radius 2 is 1.80 bits per heavy atom. The van der Waals surface area contributed by atoms with Gasteiger partial charge in [-0.1, -0.05) is 44.2 Å². The van der Waals surface area contributed by atoms with Gasteiger partial charge in [-0.05, 0) is 37.9 Å². The summed E-state index contributed by atoms with van der Waals surface area (Å²) >= 11 is 0. The number of carbonyl (C=O) groups excluding carboxylic acids is 2. The predicted molar refractivity (Wildman–Crippen MR) is 117 cm³/mol. The van der Waals surface area contributed by atoms with Gasteiger partial charge in [-0.25, -0.2) is 4.79 Å². The topological polar surface area (TPSA) is 65.1 Å². The summed E-state index contributed by atoms with van der Waals surface area (Å²) in [5.74, 6) is -0.0196. The fourth-order valence-electron chi connectivity index (χ4n) is 4.35.